The van der Waals surface area contributed by atoms with Crippen molar-refractivity contribution in [1.29, 1.82) is 0 Å². The lowest BCUT2D eigenvalue weighted by Crippen LogP contribution is -2.35. The Balaban J connectivity index is 2.07. The minimum Gasteiger partial charge on any atom is -0.399 e. The molecule has 118 valence electrons. The van der Waals surface area contributed by atoms with E-state index in [1.807, 2.05) is 0 Å². The Morgan fingerprint density at radius 2 is 1.95 bits per heavy atom. The first-order chi connectivity index (χ1) is 9.94. The van der Waals surface area contributed by atoms with Crippen LogP contribution in [-0.4, -0.2) is 26.7 Å². The summed E-state index contributed by atoms with van der Waals surface area (Å²) in [6, 6.07) is 4.63. The third-order valence-corrected chi connectivity index (χ3v) is 6.48. The quantitative estimate of drug-likeness (QED) is 0.686. The average Bonchev–Trinajstić information content (AvgIpc) is 2.45. The first kappa shape index (κ1) is 16.7. The maximum absolute atomic E-state index is 12.4. The van der Waals surface area contributed by atoms with Gasteiger partial charge in [-0.1, -0.05) is 12.8 Å². The van der Waals surface area contributed by atoms with Crippen molar-refractivity contribution >= 4 is 31.6 Å². The maximum atomic E-state index is 12.4. The summed E-state index contributed by atoms with van der Waals surface area (Å²) >= 11 is 3.24. The normalized spacial score (nSPS) is 23.1. The summed E-state index contributed by atoms with van der Waals surface area (Å²) in [7, 11) is -3.57. The topological polar surface area (TPSA) is 92.4 Å². The molecule has 0 spiro atoms. The van der Waals surface area contributed by atoms with Gasteiger partial charge in [0, 0.05) is 23.3 Å². The Morgan fingerprint density at radius 3 is 2.57 bits per heavy atom. The Kier molecular flexibility index (Phi) is 5.65. The predicted octanol–water partition coefficient (Wildman–Crippen LogP) is 2.11. The van der Waals surface area contributed by atoms with Gasteiger partial charge in [-0.25, -0.2) is 13.1 Å². The van der Waals surface area contributed by atoms with Gasteiger partial charge in [-0.2, -0.15) is 0 Å². The molecule has 0 radical (unpaired) electrons. The molecule has 1 aromatic carbocycles. The molecule has 2 unspecified atom stereocenters. The molecular weight excluding hydrogens is 356 g/mol. The highest BCUT2D eigenvalue weighted by atomic mass is 79.9. The molecule has 21 heavy (non-hydrogen) atoms. The van der Waals surface area contributed by atoms with Crippen LogP contribution in [-0.2, 0) is 10.0 Å². The van der Waals surface area contributed by atoms with E-state index in [1.54, 1.807) is 12.1 Å². The van der Waals surface area contributed by atoms with Crippen molar-refractivity contribution in [3.63, 3.8) is 0 Å². The highest BCUT2D eigenvalue weighted by molar-refractivity contribution is 9.10. The molecule has 0 saturated heterocycles. The van der Waals surface area contributed by atoms with E-state index in [0.717, 1.165) is 25.7 Å². The van der Waals surface area contributed by atoms with Crippen LogP contribution in [0.3, 0.4) is 0 Å². The first-order valence-electron chi connectivity index (χ1n) is 7.09. The molecule has 2 atom stereocenters. The number of benzene rings is 1. The Bertz CT molecular complexity index is 592. The molecule has 0 amide bonds. The Labute approximate surface area is 134 Å². The van der Waals surface area contributed by atoms with Crippen molar-refractivity contribution in [1.82, 2.24) is 4.72 Å². The zero-order chi connectivity index (χ0) is 15.5. The van der Waals surface area contributed by atoms with Gasteiger partial charge in [0.2, 0.25) is 10.0 Å². The van der Waals surface area contributed by atoms with E-state index in [2.05, 4.69) is 20.7 Å². The molecule has 0 bridgehead atoms. The number of sulfonamides is 1. The van der Waals surface area contributed by atoms with Crippen molar-refractivity contribution in [2.24, 2.45) is 11.8 Å². The number of nitrogen functional groups attached to an aromatic ring is 1. The third-order valence-electron chi connectivity index (χ3n) is 4.08. The van der Waals surface area contributed by atoms with Crippen molar-refractivity contribution in [3.05, 3.63) is 22.7 Å². The van der Waals surface area contributed by atoms with Crippen molar-refractivity contribution in [3.8, 4) is 0 Å². The van der Waals surface area contributed by atoms with Crippen LogP contribution >= 0.6 is 15.9 Å². The van der Waals surface area contributed by atoms with Gasteiger partial charge in [0.15, 0.2) is 0 Å². The highest BCUT2D eigenvalue weighted by Gasteiger charge is 2.26. The van der Waals surface area contributed by atoms with Crippen LogP contribution in [0.1, 0.15) is 25.7 Å². The van der Waals surface area contributed by atoms with Crippen LogP contribution in [0.2, 0.25) is 0 Å². The lowest BCUT2D eigenvalue weighted by Gasteiger charge is -2.30. The van der Waals surface area contributed by atoms with Crippen molar-refractivity contribution in [2.45, 2.75) is 30.6 Å². The van der Waals surface area contributed by atoms with Crippen LogP contribution in [0.25, 0.3) is 0 Å². The van der Waals surface area contributed by atoms with Crippen molar-refractivity contribution in [2.75, 3.05) is 18.9 Å². The van der Waals surface area contributed by atoms with Crippen molar-refractivity contribution < 1.29 is 13.5 Å². The number of hydrogen-bond acceptors (Lipinski definition) is 4. The number of anilines is 1. The molecule has 1 aliphatic carbocycles. The van der Waals surface area contributed by atoms with E-state index in [9.17, 15) is 13.5 Å². The lowest BCUT2D eigenvalue weighted by molar-refractivity contribution is 0.136. The SMILES string of the molecule is Nc1ccc(S(=O)(=O)NCC2CCCCC2CO)c(Br)c1. The van der Waals surface area contributed by atoms with E-state index in [-0.39, 0.29) is 23.3 Å². The summed E-state index contributed by atoms with van der Waals surface area (Å²) in [5.41, 5.74) is 6.13. The molecule has 1 aromatic rings. The molecule has 0 aliphatic heterocycles. The molecule has 1 aliphatic rings. The summed E-state index contributed by atoms with van der Waals surface area (Å²) in [4.78, 5) is 0.188. The van der Waals surface area contributed by atoms with E-state index >= 15 is 0 Å². The molecule has 1 saturated carbocycles. The number of hydrogen-bond donors (Lipinski definition) is 3. The van der Waals surface area contributed by atoms with E-state index in [1.165, 1.54) is 6.07 Å². The largest absolute Gasteiger partial charge is 0.399 e. The van der Waals surface area contributed by atoms with Gasteiger partial charge in [0.1, 0.15) is 0 Å². The fourth-order valence-electron chi connectivity index (χ4n) is 2.82. The smallest absolute Gasteiger partial charge is 0.241 e. The molecule has 0 aromatic heterocycles. The number of rotatable bonds is 5. The molecule has 0 heterocycles. The Hall–Kier alpha value is -0.630. The standard InChI is InChI=1S/C14H21BrN2O3S/c15-13-7-12(16)5-6-14(13)21(19,20)17-8-10-3-1-2-4-11(10)9-18/h5-7,10-11,17-18H,1-4,8-9,16H2. The summed E-state index contributed by atoms with van der Waals surface area (Å²) in [5.74, 6) is 0.391. The van der Waals surface area contributed by atoms with Crippen LogP contribution in [0.15, 0.2) is 27.6 Å². The molecule has 2 rings (SSSR count). The van der Waals surface area contributed by atoms with Gasteiger partial charge in [-0.05, 0) is 58.8 Å². The van der Waals surface area contributed by atoms with Crippen LogP contribution in [0.5, 0.6) is 0 Å². The Morgan fingerprint density at radius 1 is 1.29 bits per heavy atom. The minimum atomic E-state index is -3.57. The van der Waals surface area contributed by atoms with Gasteiger partial charge in [0.05, 0.1) is 4.90 Å². The summed E-state index contributed by atoms with van der Waals surface area (Å²) in [6.07, 6.45) is 4.12. The zero-order valence-electron chi connectivity index (χ0n) is 11.8. The van der Waals surface area contributed by atoms with Gasteiger partial charge in [-0.3, -0.25) is 0 Å². The fourth-order valence-corrected chi connectivity index (χ4v) is 5.01. The second kappa shape index (κ2) is 7.09. The van der Waals surface area contributed by atoms with E-state index < -0.39 is 10.0 Å². The minimum absolute atomic E-state index is 0.123. The number of nitrogens with two attached hydrogens (primary N) is 1. The first-order valence-corrected chi connectivity index (χ1v) is 9.37. The fraction of sp³-hybridized carbons (Fsp3) is 0.571. The second-order valence-corrected chi connectivity index (χ2v) is 8.12. The summed E-state index contributed by atoms with van der Waals surface area (Å²) < 4.78 is 27.8. The van der Waals surface area contributed by atoms with Gasteiger partial charge in [0.25, 0.3) is 0 Å². The highest BCUT2D eigenvalue weighted by Crippen LogP contribution is 2.30. The molecule has 5 nitrogen and oxygen atoms in total. The van der Waals surface area contributed by atoms with Crippen LogP contribution < -0.4 is 10.5 Å². The maximum Gasteiger partial charge on any atom is 0.241 e. The van der Waals surface area contributed by atoms with Gasteiger partial charge < -0.3 is 10.8 Å². The molecule has 1 fully saturated rings. The summed E-state index contributed by atoms with van der Waals surface area (Å²) in [6.45, 7) is 0.488. The number of nitrogens with one attached hydrogen (secondary N) is 1. The predicted molar refractivity (Wildman–Crippen MR) is 86.3 cm³/mol. The van der Waals surface area contributed by atoms with E-state index in [4.69, 9.17) is 5.73 Å². The lowest BCUT2D eigenvalue weighted by atomic mass is 9.80. The molecule has 7 heteroatoms. The van der Waals surface area contributed by atoms with Crippen LogP contribution in [0.4, 0.5) is 5.69 Å². The van der Waals surface area contributed by atoms with Gasteiger partial charge >= 0.3 is 0 Å². The third kappa shape index (κ3) is 4.18. The van der Waals surface area contributed by atoms with Crippen LogP contribution in [0, 0.1) is 11.8 Å². The molecular formula is C14H21BrN2O3S. The second-order valence-electron chi connectivity index (χ2n) is 5.53. The van der Waals surface area contributed by atoms with Gasteiger partial charge in [-0.15, -0.1) is 0 Å². The monoisotopic (exact) mass is 376 g/mol. The summed E-state index contributed by atoms with van der Waals surface area (Å²) in [5, 5.41) is 9.38. The number of aliphatic hydroxyl groups excluding tert-OH is 1. The molecule has 4 N–H and O–H groups in total. The number of halogens is 1. The average molecular weight is 377 g/mol. The number of aliphatic hydroxyl groups is 1. The van der Waals surface area contributed by atoms with E-state index in [0.29, 0.717) is 16.7 Å². The zero-order valence-corrected chi connectivity index (χ0v) is 14.2.